The maximum Gasteiger partial charge on any atom is 0.263 e. The van der Waals surface area contributed by atoms with Crippen molar-refractivity contribution in [3.63, 3.8) is 0 Å². The van der Waals surface area contributed by atoms with Crippen molar-refractivity contribution in [2.75, 3.05) is 0 Å². The van der Waals surface area contributed by atoms with Crippen LogP contribution in [0.2, 0.25) is 0 Å². The predicted molar refractivity (Wildman–Crippen MR) is 88.8 cm³/mol. The van der Waals surface area contributed by atoms with Crippen molar-refractivity contribution < 1.29 is 19.5 Å². The van der Waals surface area contributed by atoms with E-state index < -0.39 is 5.92 Å². The van der Waals surface area contributed by atoms with Crippen molar-refractivity contribution >= 4 is 16.8 Å². The average Bonchev–Trinajstić information content (AvgIpc) is 2.60. The third kappa shape index (κ3) is 2.88. The van der Waals surface area contributed by atoms with Crippen molar-refractivity contribution in [2.45, 2.75) is 19.3 Å². The Bertz CT molecular complexity index is 944. The molecule has 0 saturated heterocycles. The number of Topliss-reactive ketones (excluding diaryl/α,β-unsaturated/α-hetero) is 1. The number of hydrogen-bond acceptors (Lipinski definition) is 5. The summed E-state index contributed by atoms with van der Waals surface area (Å²) < 4.78 is 5.62. The second-order valence-corrected chi connectivity index (χ2v) is 5.64. The Morgan fingerprint density at radius 3 is 2.46 bits per heavy atom. The second-order valence-electron chi connectivity index (χ2n) is 5.64. The molecule has 1 atom stereocenters. The van der Waals surface area contributed by atoms with Gasteiger partial charge >= 0.3 is 0 Å². The number of carbonyl (C=O) groups is 1. The molecule has 5 heteroatoms. The van der Waals surface area contributed by atoms with Crippen LogP contribution in [0.15, 0.2) is 64.2 Å². The van der Waals surface area contributed by atoms with E-state index in [1.165, 1.54) is 6.92 Å². The standard InChI is InChI=1S/C19H17NO4/c1-12(21)11-15(13-7-3-2-4-8-13)17-18(22)14-9-5-6-10-16(14)24-19(17)20-23/h2-10,15,22-23H,11H2,1H3. The highest BCUT2D eigenvalue weighted by Gasteiger charge is 2.25. The lowest BCUT2D eigenvalue weighted by Crippen LogP contribution is -2.17. The largest absolute Gasteiger partial charge is 0.507 e. The van der Waals surface area contributed by atoms with Crippen LogP contribution in [0.4, 0.5) is 0 Å². The van der Waals surface area contributed by atoms with Crippen LogP contribution >= 0.6 is 0 Å². The van der Waals surface area contributed by atoms with E-state index in [0.29, 0.717) is 16.5 Å². The first kappa shape index (κ1) is 15.8. The van der Waals surface area contributed by atoms with Gasteiger partial charge in [-0.2, -0.15) is 0 Å². The van der Waals surface area contributed by atoms with Crippen molar-refractivity contribution in [1.29, 1.82) is 0 Å². The van der Waals surface area contributed by atoms with Gasteiger partial charge < -0.3 is 14.7 Å². The molecule has 1 heterocycles. The summed E-state index contributed by atoms with van der Waals surface area (Å²) in [6.07, 6.45) is 0.161. The number of fused-ring (bicyclic) bond motifs is 1. The second kappa shape index (κ2) is 6.58. The fourth-order valence-electron chi connectivity index (χ4n) is 2.90. The van der Waals surface area contributed by atoms with E-state index in [1.54, 1.807) is 24.3 Å². The molecule has 2 N–H and O–H groups in total. The Labute approximate surface area is 138 Å². The maximum absolute atomic E-state index is 11.8. The average molecular weight is 323 g/mol. The van der Waals surface area contributed by atoms with E-state index in [0.717, 1.165) is 5.56 Å². The Balaban J connectivity index is 2.31. The molecule has 1 aromatic heterocycles. The molecule has 0 radical (unpaired) electrons. The minimum atomic E-state index is -0.469. The van der Waals surface area contributed by atoms with Gasteiger partial charge in [-0.3, -0.25) is 4.79 Å². The van der Waals surface area contributed by atoms with Crippen LogP contribution in [-0.2, 0) is 4.79 Å². The summed E-state index contributed by atoms with van der Waals surface area (Å²) in [6.45, 7) is 1.49. The van der Waals surface area contributed by atoms with E-state index >= 15 is 0 Å². The fourth-order valence-corrected chi connectivity index (χ4v) is 2.90. The summed E-state index contributed by atoms with van der Waals surface area (Å²) in [6, 6.07) is 16.2. The predicted octanol–water partition coefficient (Wildman–Crippen LogP) is 3.54. The van der Waals surface area contributed by atoms with Crippen LogP contribution in [0.1, 0.15) is 30.4 Å². The molecular formula is C19H17NO4. The van der Waals surface area contributed by atoms with Gasteiger partial charge in [-0.1, -0.05) is 42.5 Å². The zero-order valence-electron chi connectivity index (χ0n) is 13.1. The summed E-state index contributed by atoms with van der Waals surface area (Å²) in [7, 11) is 0. The van der Waals surface area contributed by atoms with Gasteiger partial charge in [-0.15, -0.1) is 0 Å². The van der Waals surface area contributed by atoms with Crippen molar-refractivity contribution in [1.82, 2.24) is 0 Å². The Hall–Kier alpha value is -3.08. The summed E-state index contributed by atoms with van der Waals surface area (Å²) in [4.78, 5) is 11.8. The highest BCUT2D eigenvalue weighted by Crippen LogP contribution is 2.36. The number of aromatic hydroxyl groups is 1. The van der Waals surface area contributed by atoms with Gasteiger partial charge in [-0.05, 0) is 29.8 Å². The number of rotatable bonds is 4. The third-order valence-corrected chi connectivity index (χ3v) is 3.97. The van der Waals surface area contributed by atoms with Crippen LogP contribution in [0.3, 0.4) is 0 Å². The van der Waals surface area contributed by atoms with Gasteiger partial charge in [0.25, 0.3) is 5.55 Å². The molecule has 5 nitrogen and oxygen atoms in total. The van der Waals surface area contributed by atoms with E-state index in [9.17, 15) is 15.1 Å². The maximum atomic E-state index is 11.8. The molecule has 24 heavy (non-hydrogen) atoms. The molecule has 0 aliphatic carbocycles. The summed E-state index contributed by atoms with van der Waals surface area (Å²) in [5, 5.41) is 23.8. The molecule has 122 valence electrons. The Morgan fingerprint density at radius 2 is 1.79 bits per heavy atom. The number of para-hydroxylation sites is 1. The number of ketones is 1. The molecule has 0 aliphatic heterocycles. The number of nitrogens with zero attached hydrogens (tertiary/aromatic N) is 1. The molecule has 0 spiro atoms. The molecule has 0 saturated carbocycles. The van der Waals surface area contributed by atoms with Gasteiger partial charge in [0.15, 0.2) is 0 Å². The number of carbonyl (C=O) groups excluding carboxylic acids is 1. The Morgan fingerprint density at radius 1 is 1.12 bits per heavy atom. The minimum absolute atomic E-state index is 0.0414. The zero-order chi connectivity index (χ0) is 17.1. The molecule has 0 fully saturated rings. The van der Waals surface area contributed by atoms with Crippen LogP contribution in [0, 0.1) is 0 Å². The molecule has 0 amide bonds. The van der Waals surface area contributed by atoms with E-state index in [2.05, 4.69) is 5.16 Å². The molecular weight excluding hydrogens is 306 g/mol. The minimum Gasteiger partial charge on any atom is -0.507 e. The lowest BCUT2D eigenvalue weighted by molar-refractivity contribution is -0.117. The molecule has 2 aromatic carbocycles. The number of benzene rings is 2. The molecule has 1 unspecified atom stereocenters. The fraction of sp³-hybridized carbons (Fsp3) is 0.158. The SMILES string of the molecule is CC(=O)CC(c1ccccc1)c1c(O)c2ccccc2oc1=NO. The van der Waals surface area contributed by atoms with E-state index in [4.69, 9.17) is 4.42 Å². The normalized spacial score (nSPS) is 13.1. The van der Waals surface area contributed by atoms with Gasteiger partial charge in [0.05, 0.1) is 10.9 Å². The van der Waals surface area contributed by atoms with Gasteiger partial charge in [0.1, 0.15) is 17.1 Å². The van der Waals surface area contributed by atoms with Crippen molar-refractivity contribution in [2.24, 2.45) is 5.16 Å². The molecule has 3 aromatic rings. The van der Waals surface area contributed by atoms with Crippen LogP contribution in [-0.4, -0.2) is 16.1 Å². The summed E-state index contributed by atoms with van der Waals surface area (Å²) >= 11 is 0. The quantitative estimate of drug-likeness (QED) is 0.568. The summed E-state index contributed by atoms with van der Waals surface area (Å²) in [5.41, 5.74) is 1.44. The number of hydrogen-bond donors (Lipinski definition) is 2. The molecule has 0 bridgehead atoms. The van der Waals surface area contributed by atoms with E-state index in [-0.39, 0.29) is 23.5 Å². The highest BCUT2D eigenvalue weighted by atomic mass is 16.5. The smallest absolute Gasteiger partial charge is 0.263 e. The van der Waals surface area contributed by atoms with E-state index in [1.807, 2.05) is 30.3 Å². The highest BCUT2D eigenvalue weighted by molar-refractivity contribution is 5.85. The lowest BCUT2D eigenvalue weighted by atomic mass is 9.87. The van der Waals surface area contributed by atoms with Gasteiger partial charge in [0.2, 0.25) is 0 Å². The van der Waals surface area contributed by atoms with Crippen molar-refractivity contribution in [3.8, 4) is 5.75 Å². The van der Waals surface area contributed by atoms with Crippen LogP contribution < -0.4 is 5.55 Å². The van der Waals surface area contributed by atoms with Crippen molar-refractivity contribution in [3.05, 3.63) is 71.3 Å². The van der Waals surface area contributed by atoms with Gasteiger partial charge in [0, 0.05) is 12.3 Å². The first-order valence-electron chi connectivity index (χ1n) is 7.59. The van der Waals surface area contributed by atoms with Crippen LogP contribution in [0.25, 0.3) is 11.0 Å². The molecule has 3 rings (SSSR count). The monoisotopic (exact) mass is 323 g/mol. The molecule has 0 aliphatic rings. The Kier molecular flexibility index (Phi) is 4.33. The first-order chi connectivity index (χ1) is 11.6. The summed E-state index contributed by atoms with van der Waals surface area (Å²) in [5.74, 6) is -0.553. The van der Waals surface area contributed by atoms with Crippen LogP contribution in [0.5, 0.6) is 5.75 Å². The van der Waals surface area contributed by atoms with Gasteiger partial charge in [-0.25, -0.2) is 0 Å². The zero-order valence-corrected chi connectivity index (χ0v) is 13.1. The lowest BCUT2D eigenvalue weighted by Gasteiger charge is -2.18. The topological polar surface area (TPSA) is 83.0 Å². The third-order valence-electron chi connectivity index (χ3n) is 3.97. The first-order valence-corrected chi connectivity index (χ1v) is 7.59.